The molecule has 8 heteroatoms. The van der Waals surface area contributed by atoms with Gasteiger partial charge < -0.3 is 10.0 Å². The topological polar surface area (TPSA) is 90.8 Å². The Kier molecular flexibility index (Phi) is 6.29. The first-order chi connectivity index (χ1) is 14.8. The number of amides is 1. The molecule has 2 fully saturated rings. The molecule has 1 aromatic carbocycles. The Morgan fingerprint density at radius 3 is 2.29 bits per heavy atom. The van der Waals surface area contributed by atoms with Crippen LogP contribution in [-0.4, -0.2) is 66.3 Å². The zero-order chi connectivity index (χ0) is 22.0. The molecule has 2 aromatic rings. The molecule has 4 rings (SSSR count). The summed E-state index contributed by atoms with van der Waals surface area (Å²) in [6.07, 6.45) is 6.58. The zero-order valence-electron chi connectivity index (χ0n) is 17.8. The summed E-state index contributed by atoms with van der Waals surface area (Å²) in [5.41, 5.74) is 2.83. The molecule has 0 radical (unpaired) electrons. The molecule has 0 bridgehead atoms. The number of hydrogen-bond donors (Lipinski definition) is 1. The van der Waals surface area contributed by atoms with Gasteiger partial charge in [0.05, 0.1) is 10.6 Å². The van der Waals surface area contributed by atoms with Gasteiger partial charge in [0.25, 0.3) is 0 Å². The molecule has 0 spiro atoms. The Morgan fingerprint density at radius 1 is 1.10 bits per heavy atom. The number of aromatic nitrogens is 1. The summed E-state index contributed by atoms with van der Waals surface area (Å²) in [6.45, 7) is 3.07. The standard InChI is InChI=1S/C23H29N3O4S/c1-31(29,30)21-7-5-19(6-8-21)22-9-4-18(14-24-22)16-26(15-17-2-3-17)20-10-12-25(13-11-20)23(27)28/h4-9,14,17,20H,2-3,10-13,15-16H2,1H3,(H,27,28). The van der Waals surface area contributed by atoms with Gasteiger partial charge in [-0.15, -0.1) is 0 Å². The van der Waals surface area contributed by atoms with Crippen LogP contribution in [0.25, 0.3) is 11.3 Å². The van der Waals surface area contributed by atoms with Gasteiger partial charge in [0, 0.05) is 50.2 Å². The minimum Gasteiger partial charge on any atom is -0.465 e. The smallest absolute Gasteiger partial charge is 0.407 e. The third-order valence-corrected chi connectivity index (χ3v) is 7.36. The van der Waals surface area contributed by atoms with Crippen LogP contribution in [0.4, 0.5) is 4.79 Å². The van der Waals surface area contributed by atoms with Gasteiger partial charge in [-0.25, -0.2) is 13.2 Å². The van der Waals surface area contributed by atoms with Crippen molar-refractivity contribution in [2.75, 3.05) is 25.9 Å². The first-order valence-corrected chi connectivity index (χ1v) is 12.7. The highest BCUT2D eigenvalue weighted by molar-refractivity contribution is 7.90. The average molecular weight is 444 g/mol. The predicted molar refractivity (Wildman–Crippen MR) is 119 cm³/mol. The van der Waals surface area contributed by atoms with Crippen molar-refractivity contribution in [1.82, 2.24) is 14.8 Å². The van der Waals surface area contributed by atoms with E-state index < -0.39 is 15.9 Å². The minimum atomic E-state index is -3.21. The van der Waals surface area contributed by atoms with Crippen molar-refractivity contribution in [3.8, 4) is 11.3 Å². The predicted octanol–water partition coefficient (Wildman–Crippen LogP) is 3.51. The van der Waals surface area contributed by atoms with Gasteiger partial charge in [-0.2, -0.15) is 0 Å². The van der Waals surface area contributed by atoms with Crippen molar-refractivity contribution < 1.29 is 18.3 Å². The largest absolute Gasteiger partial charge is 0.465 e. The Balaban J connectivity index is 1.43. The Labute approximate surface area is 183 Å². The van der Waals surface area contributed by atoms with E-state index in [1.54, 1.807) is 24.3 Å². The van der Waals surface area contributed by atoms with Crippen molar-refractivity contribution in [3.05, 3.63) is 48.2 Å². The summed E-state index contributed by atoms with van der Waals surface area (Å²) in [5.74, 6) is 0.762. The fraction of sp³-hybridized carbons (Fsp3) is 0.478. The molecule has 1 aliphatic carbocycles. The third kappa shape index (κ3) is 5.62. The number of pyridine rings is 1. The summed E-state index contributed by atoms with van der Waals surface area (Å²) in [7, 11) is -3.21. The van der Waals surface area contributed by atoms with Crippen LogP contribution in [0, 0.1) is 5.92 Å². The number of hydrogen-bond acceptors (Lipinski definition) is 5. The van der Waals surface area contributed by atoms with Gasteiger partial charge >= 0.3 is 6.09 Å². The maximum atomic E-state index is 11.6. The Bertz CT molecular complexity index is 1010. The van der Waals surface area contributed by atoms with E-state index in [9.17, 15) is 18.3 Å². The van der Waals surface area contributed by atoms with E-state index in [2.05, 4.69) is 16.0 Å². The van der Waals surface area contributed by atoms with Crippen LogP contribution in [0.1, 0.15) is 31.2 Å². The molecule has 1 saturated carbocycles. The van der Waals surface area contributed by atoms with E-state index >= 15 is 0 Å². The lowest BCUT2D eigenvalue weighted by Crippen LogP contribution is -2.46. The van der Waals surface area contributed by atoms with Crippen molar-refractivity contribution in [2.45, 2.75) is 43.2 Å². The fourth-order valence-corrected chi connectivity index (χ4v) is 4.82. The molecule has 1 aromatic heterocycles. The summed E-state index contributed by atoms with van der Waals surface area (Å²) in [4.78, 5) is 20.1. The van der Waals surface area contributed by atoms with Gasteiger partial charge in [-0.3, -0.25) is 9.88 Å². The highest BCUT2D eigenvalue weighted by Gasteiger charge is 2.31. The second-order valence-electron chi connectivity index (χ2n) is 8.72. The maximum absolute atomic E-state index is 11.6. The number of carboxylic acid groups (broad SMARTS) is 1. The number of piperidine rings is 1. The number of rotatable bonds is 7. The molecular weight excluding hydrogens is 414 g/mol. The lowest BCUT2D eigenvalue weighted by Gasteiger charge is -2.37. The lowest BCUT2D eigenvalue weighted by atomic mass is 10.0. The fourth-order valence-electron chi connectivity index (χ4n) is 4.19. The molecular formula is C23H29N3O4S. The molecule has 7 nitrogen and oxygen atoms in total. The number of carbonyl (C=O) groups is 1. The first kappa shape index (κ1) is 21.8. The van der Waals surface area contributed by atoms with Crippen LogP contribution in [-0.2, 0) is 16.4 Å². The number of sulfone groups is 1. The quantitative estimate of drug-likeness (QED) is 0.704. The molecule has 1 amide bonds. The molecule has 2 heterocycles. The maximum Gasteiger partial charge on any atom is 0.407 e. The van der Waals surface area contributed by atoms with Gasteiger partial charge in [0.1, 0.15) is 0 Å². The monoisotopic (exact) mass is 443 g/mol. The van der Waals surface area contributed by atoms with Gasteiger partial charge in [0.2, 0.25) is 0 Å². The van der Waals surface area contributed by atoms with Crippen LogP contribution < -0.4 is 0 Å². The van der Waals surface area contributed by atoms with Crippen LogP contribution >= 0.6 is 0 Å². The summed E-state index contributed by atoms with van der Waals surface area (Å²) < 4.78 is 23.3. The SMILES string of the molecule is CS(=O)(=O)c1ccc(-c2ccc(CN(CC3CC3)C3CCN(C(=O)O)CC3)cn2)cc1. The van der Waals surface area contributed by atoms with Gasteiger partial charge in [0.15, 0.2) is 9.84 Å². The van der Waals surface area contributed by atoms with Crippen LogP contribution in [0.5, 0.6) is 0 Å². The molecule has 2 aliphatic rings. The second-order valence-corrected chi connectivity index (χ2v) is 10.7. The third-order valence-electron chi connectivity index (χ3n) is 6.23. The lowest BCUT2D eigenvalue weighted by molar-refractivity contribution is 0.0885. The van der Waals surface area contributed by atoms with Crippen molar-refractivity contribution >= 4 is 15.9 Å². The van der Waals surface area contributed by atoms with E-state index in [4.69, 9.17) is 0 Å². The molecule has 1 N–H and O–H groups in total. The van der Waals surface area contributed by atoms with Gasteiger partial charge in [-0.05, 0) is 55.4 Å². The molecule has 166 valence electrons. The highest BCUT2D eigenvalue weighted by atomic mass is 32.2. The van der Waals surface area contributed by atoms with E-state index in [0.29, 0.717) is 24.0 Å². The minimum absolute atomic E-state index is 0.303. The van der Waals surface area contributed by atoms with Crippen LogP contribution in [0.15, 0.2) is 47.5 Å². The highest BCUT2D eigenvalue weighted by Crippen LogP contribution is 2.32. The Morgan fingerprint density at radius 2 is 1.77 bits per heavy atom. The van der Waals surface area contributed by atoms with Crippen LogP contribution in [0.3, 0.4) is 0 Å². The first-order valence-electron chi connectivity index (χ1n) is 10.8. The molecule has 1 aliphatic heterocycles. The number of benzene rings is 1. The number of nitrogens with zero attached hydrogens (tertiary/aromatic N) is 3. The summed E-state index contributed by atoms with van der Waals surface area (Å²) in [5, 5.41) is 9.20. The van der Waals surface area contributed by atoms with Crippen molar-refractivity contribution in [2.24, 2.45) is 5.92 Å². The van der Waals surface area contributed by atoms with Crippen molar-refractivity contribution in [3.63, 3.8) is 0 Å². The zero-order valence-corrected chi connectivity index (χ0v) is 18.6. The van der Waals surface area contributed by atoms with E-state index in [1.165, 1.54) is 24.0 Å². The second kappa shape index (κ2) is 8.96. The molecule has 1 saturated heterocycles. The average Bonchev–Trinajstić information content (AvgIpc) is 3.57. The van der Waals surface area contributed by atoms with E-state index in [-0.39, 0.29) is 0 Å². The molecule has 0 atom stereocenters. The normalized spacial score (nSPS) is 17.8. The molecule has 0 unspecified atom stereocenters. The summed E-state index contributed by atoms with van der Waals surface area (Å²) in [6, 6.07) is 11.3. The number of likely N-dealkylation sites (tertiary alicyclic amines) is 1. The van der Waals surface area contributed by atoms with E-state index in [0.717, 1.165) is 48.7 Å². The van der Waals surface area contributed by atoms with Gasteiger partial charge in [-0.1, -0.05) is 18.2 Å². The Hall–Kier alpha value is -2.45. The van der Waals surface area contributed by atoms with Crippen molar-refractivity contribution in [1.29, 1.82) is 0 Å². The summed E-state index contributed by atoms with van der Waals surface area (Å²) >= 11 is 0. The van der Waals surface area contributed by atoms with Crippen LogP contribution in [0.2, 0.25) is 0 Å². The van der Waals surface area contributed by atoms with E-state index in [1.807, 2.05) is 12.3 Å². The molecule has 31 heavy (non-hydrogen) atoms.